The first-order valence-corrected chi connectivity index (χ1v) is 6.12. The molecule has 0 aromatic heterocycles. The first kappa shape index (κ1) is 14.0. The third-order valence-electron chi connectivity index (χ3n) is 3.80. The van der Waals surface area contributed by atoms with Gasteiger partial charge in [-0.3, -0.25) is 9.59 Å². The van der Waals surface area contributed by atoms with Crippen molar-refractivity contribution < 1.29 is 14.7 Å². The summed E-state index contributed by atoms with van der Waals surface area (Å²) in [5.41, 5.74) is 5.04. The van der Waals surface area contributed by atoms with Gasteiger partial charge >= 0.3 is 5.97 Å². The first-order valence-electron chi connectivity index (χ1n) is 6.12. The number of hydrogen-bond acceptors (Lipinski definition) is 3. The molecule has 17 heavy (non-hydrogen) atoms. The summed E-state index contributed by atoms with van der Waals surface area (Å²) in [6.45, 7) is 6.42. The van der Waals surface area contributed by atoms with Crippen molar-refractivity contribution >= 4 is 11.9 Å². The van der Waals surface area contributed by atoms with Gasteiger partial charge in [0.05, 0.1) is 11.5 Å². The summed E-state index contributed by atoms with van der Waals surface area (Å²) in [5.74, 6) is -0.867. The number of carboxylic acid groups (broad SMARTS) is 1. The number of rotatable bonds is 4. The topological polar surface area (TPSA) is 83.6 Å². The molecule has 1 saturated heterocycles. The second kappa shape index (κ2) is 5.04. The molecule has 0 aromatic carbocycles. The average Bonchev–Trinajstić information content (AvgIpc) is 2.72. The van der Waals surface area contributed by atoms with Crippen LogP contribution in [0.2, 0.25) is 0 Å². The zero-order chi connectivity index (χ0) is 13.2. The molecule has 1 aliphatic heterocycles. The summed E-state index contributed by atoms with van der Waals surface area (Å²) in [4.78, 5) is 24.9. The summed E-state index contributed by atoms with van der Waals surface area (Å²) in [6, 6.07) is -0.531. The molecule has 2 atom stereocenters. The number of nitrogens with two attached hydrogens (primary N) is 1. The minimum atomic E-state index is -0.812. The van der Waals surface area contributed by atoms with Gasteiger partial charge in [0.1, 0.15) is 0 Å². The van der Waals surface area contributed by atoms with E-state index in [0.717, 1.165) is 0 Å². The van der Waals surface area contributed by atoms with E-state index in [-0.39, 0.29) is 18.4 Å². The average molecular weight is 242 g/mol. The van der Waals surface area contributed by atoms with E-state index in [4.69, 9.17) is 5.73 Å². The maximum absolute atomic E-state index is 12.0. The SMILES string of the molecule is CCC1(C(=O)O)CCN(C(=O)[C@H](N)C(C)C)C1. The van der Waals surface area contributed by atoms with Crippen LogP contribution in [-0.4, -0.2) is 41.0 Å². The Hall–Kier alpha value is -1.10. The molecule has 0 saturated carbocycles. The van der Waals surface area contributed by atoms with Crippen molar-refractivity contribution in [2.45, 2.75) is 39.7 Å². The number of nitrogens with zero attached hydrogens (tertiary/aromatic N) is 1. The third-order valence-corrected chi connectivity index (χ3v) is 3.80. The van der Waals surface area contributed by atoms with Crippen LogP contribution in [0.4, 0.5) is 0 Å². The van der Waals surface area contributed by atoms with Crippen LogP contribution >= 0.6 is 0 Å². The number of hydrogen-bond donors (Lipinski definition) is 2. The van der Waals surface area contributed by atoms with Crippen LogP contribution in [0.1, 0.15) is 33.6 Å². The number of likely N-dealkylation sites (tertiary alicyclic amines) is 1. The first-order chi connectivity index (χ1) is 7.84. The van der Waals surface area contributed by atoms with Gasteiger partial charge in [-0.25, -0.2) is 0 Å². The molecule has 3 N–H and O–H groups in total. The third kappa shape index (κ3) is 2.60. The van der Waals surface area contributed by atoms with Crippen molar-refractivity contribution in [3.05, 3.63) is 0 Å². The Bertz CT molecular complexity index is 317. The molecule has 0 bridgehead atoms. The fourth-order valence-electron chi connectivity index (χ4n) is 2.17. The van der Waals surface area contributed by atoms with Crippen LogP contribution < -0.4 is 5.73 Å². The summed E-state index contributed by atoms with van der Waals surface area (Å²) >= 11 is 0. The lowest BCUT2D eigenvalue weighted by Gasteiger charge is -2.26. The highest BCUT2D eigenvalue weighted by atomic mass is 16.4. The fraction of sp³-hybridized carbons (Fsp3) is 0.833. The van der Waals surface area contributed by atoms with Crippen molar-refractivity contribution in [2.24, 2.45) is 17.1 Å². The van der Waals surface area contributed by atoms with E-state index in [9.17, 15) is 14.7 Å². The molecular weight excluding hydrogens is 220 g/mol. The normalized spacial score (nSPS) is 26.3. The van der Waals surface area contributed by atoms with Gasteiger partial charge in [0.2, 0.25) is 5.91 Å². The van der Waals surface area contributed by atoms with Crippen molar-refractivity contribution in [2.75, 3.05) is 13.1 Å². The Morgan fingerprint density at radius 2 is 2.06 bits per heavy atom. The molecule has 1 rings (SSSR count). The van der Waals surface area contributed by atoms with Crippen LogP contribution in [0.15, 0.2) is 0 Å². The molecule has 1 heterocycles. The van der Waals surface area contributed by atoms with Crippen LogP contribution in [0.5, 0.6) is 0 Å². The van der Waals surface area contributed by atoms with Gasteiger partial charge in [0, 0.05) is 13.1 Å². The summed E-state index contributed by atoms with van der Waals surface area (Å²) < 4.78 is 0. The maximum atomic E-state index is 12.0. The Morgan fingerprint density at radius 3 is 2.41 bits per heavy atom. The van der Waals surface area contributed by atoms with Crippen LogP contribution in [-0.2, 0) is 9.59 Å². The lowest BCUT2D eigenvalue weighted by Crippen LogP contribution is -2.47. The molecule has 0 spiro atoms. The molecule has 5 heteroatoms. The van der Waals surface area contributed by atoms with Gasteiger partial charge in [0.15, 0.2) is 0 Å². The molecule has 0 aromatic rings. The number of amides is 1. The minimum Gasteiger partial charge on any atom is -0.481 e. The summed E-state index contributed by atoms with van der Waals surface area (Å²) in [6.07, 6.45) is 1.07. The lowest BCUT2D eigenvalue weighted by atomic mass is 9.84. The molecule has 0 radical (unpaired) electrons. The molecule has 98 valence electrons. The number of aliphatic carboxylic acids is 1. The smallest absolute Gasteiger partial charge is 0.311 e. The van der Waals surface area contributed by atoms with Gasteiger partial charge in [-0.1, -0.05) is 20.8 Å². The van der Waals surface area contributed by atoms with E-state index in [2.05, 4.69) is 0 Å². The van der Waals surface area contributed by atoms with Crippen molar-refractivity contribution in [1.29, 1.82) is 0 Å². The van der Waals surface area contributed by atoms with E-state index >= 15 is 0 Å². The number of carbonyl (C=O) groups excluding carboxylic acids is 1. The number of carboxylic acids is 1. The van der Waals surface area contributed by atoms with E-state index in [1.54, 1.807) is 4.90 Å². The van der Waals surface area contributed by atoms with Gasteiger partial charge in [0.25, 0.3) is 0 Å². The zero-order valence-corrected chi connectivity index (χ0v) is 10.8. The largest absolute Gasteiger partial charge is 0.481 e. The Kier molecular flexibility index (Phi) is 4.14. The van der Waals surface area contributed by atoms with Gasteiger partial charge in [-0.15, -0.1) is 0 Å². The molecule has 1 amide bonds. The highest BCUT2D eigenvalue weighted by Gasteiger charge is 2.45. The van der Waals surface area contributed by atoms with Gasteiger partial charge < -0.3 is 15.7 Å². The Balaban J connectivity index is 2.73. The molecule has 1 fully saturated rings. The molecular formula is C12H22N2O3. The van der Waals surface area contributed by atoms with E-state index < -0.39 is 17.4 Å². The monoisotopic (exact) mass is 242 g/mol. The lowest BCUT2D eigenvalue weighted by molar-refractivity contribution is -0.148. The summed E-state index contributed by atoms with van der Waals surface area (Å²) in [5, 5.41) is 9.24. The molecule has 5 nitrogen and oxygen atoms in total. The predicted molar refractivity (Wildman–Crippen MR) is 64.4 cm³/mol. The van der Waals surface area contributed by atoms with Crippen molar-refractivity contribution in [3.8, 4) is 0 Å². The zero-order valence-electron chi connectivity index (χ0n) is 10.8. The quantitative estimate of drug-likeness (QED) is 0.759. The molecule has 1 aliphatic rings. The predicted octanol–water partition coefficient (Wildman–Crippen LogP) is 0.683. The van der Waals surface area contributed by atoms with Crippen LogP contribution in [0.3, 0.4) is 0 Å². The fourth-order valence-corrected chi connectivity index (χ4v) is 2.17. The van der Waals surface area contributed by atoms with Crippen molar-refractivity contribution in [3.63, 3.8) is 0 Å². The van der Waals surface area contributed by atoms with Gasteiger partial charge in [-0.2, -0.15) is 0 Å². The van der Waals surface area contributed by atoms with Crippen LogP contribution in [0, 0.1) is 11.3 Å². The highest BCUT2D eigenvalue weighted by molar-refractivity contribution is 5.84. The maximum Gasteiger partial charge on any atom is 0.311 e. The van der Waals surface area contributed by atoms with E-state index in [1.165, 1.54) is 0 Å². The second-order valence-electron chi connectivity index (χ2n) is 5.22. The highest BCUT2D eigenvalue weighted by Crippen LogP contribution is 2.34. The Morgan fingerprint density at radius 1 is 1.47 bits per heavy atom. The second-order valence-corrected chi connectivity index (χ2v) is 5.22. The Labute approximate surface area is 102 Å². The molecule has 0 aliphatic carbocycles. The number of carbonyl (C=O) groups is 2. The minimum absolute atomic E-state index is 0.0731. The van der Waals surface area contributed by atoms with Crippen LogP contribution in [0.25, 0.3) is 0 Å². The van der Waals surface area contributed by atoms with E-state index in [1.807, 2.05) is 20.8 Å². The van der Waals surface area contributed by atoms with E-state index in [0.29, 0.717) is 19.4 Å². The van der Waals surface area contributed by atoms with Crippen molar-refractivity contribution in [1.82, 2.24) is 4.90 Å². The molecule has 1 unspecified atom stereocenters. The van der Waals surface area contributed by atoms with Gasteiger partial charge in [-0.05, 0) is 18.8 Å². The summed E-state index contributed by atoms with van der Waals surface area (Å²) in [7, 11) is 0. The standard InChI is InChI=1S/C12H22N2O3/c1-4-12(11(16)17)5-6-14(7-12)10(15)9(13)8(2)3/h8-9H,4-7,13H2,1-3H3,(H,16,17)/t9-,12?/m1/s1.